The van der Waals surface area contributed by atoms with Gasteiger partial charge in [-0.2, -0.15) is 0 Å². The monoisotopic (exact) mass is 321 g/mol. The zero-order chi connectivity index (χ0) is 15.0. The third-order valence-corrected chi connectivity index (χ3v) is 4.30. The van der Waals surface area contributed by atoms with Gasteiger partial charge in [-0.15, -0.1) is 11.3 Å². The fraction of sp³-hybridized carbons (Fsp3) is 0.0667. The van der Waals surface area contributed by atoms with Gasteiger partial charge in [-0.3, -0.25) is 0 Å². The number of fused-ring (bicyclic) bond motifs is 1. The predicted octanol–water partition coefficient (Wildman–Crippen LogP) is 4.38. The van der Waals surface area contributed by atoms with Crippen molar-refractivity contribution < 1.29 is 14.3 Å². The second-order valence-corrected chi connectivity index (χ2v) is 6.04. The number of nitrogens with zero attached hydrogens (tertiary/aromatic N) is 1. The van der Waals surface area contributed by atoms with Gasteiger partial charge in [0.15, 0.2) is 0 Å². The van der Waals surface area contributed by atoms with Crippen LogP contribution in [0.5, 0.6) is 0 Å². The van der Waals surface area contributed by atoms with Crippen LogP contribution in [0.1, 0.15) is 20.9 Å². The van der Waals surface area contributed by atoms with E-state index in [9.17, 15) is 9.18 Å². The average Bonchev–Trinajstić information content (AvgIpc) is 2.84. The van der Waals surface area contributed by atoms with E-state index in [1.54, 1.807) is 18.2 Å². The fourth-order valence-electron chi connectivity index (χ4n) is 2.01. The molecule has 3 nitrogen and oxygen atoms in total. The lowest BCUT2D eigenvalue weighted by atomic mass is 10.1. The van der Waals surface area contributed by atoms with Gasteiger partial charge in [0.05, 0.1) is 20.3 Å². The summed E-state index contributed by atoms with van der Waals surface area (Å²) in [5, 5.41) is 10.2. The van der Waals surface area contributed by atoms with Gasteiger partial charge >= 0.3 is 5.97 Å². The Morgan fingerprint density at radius 1 is 1.29 bits per heavy atom. The molecule has 0 fully saturated rings. The molecule has 21 heavy (non-hydrogen) atoms. The van der Waals surface area contributed by atoms with Crippen molar-refractivity contribution in [2.45, 2.75) is 6.42 Å². The minimum Gasteiger partial charge on any atom is -0.478 e. The molecule has 1 aromatic heterocycles. The van der Waals surface area contributed by atoms with Crippen LogP contribution < -0.4 is 0 Å². The summed E-state index contributed by atoms with van der Waals surface area (Å²) in [6.45, 7) is 0. The van der Waals surface area contributed by atoms with Gasteiger partial charge in [0.2, 0.25) is 0 Å². The highest BCUT2D eigenvalue weighted by atomic mass is 35.5. The molecule has 0 unspecified atom stereocenters. The number of halogens is 2. The molecule has 0 saturated carbocycles. The second kappa shape index (κ2) is 5.42. The molecule has 1 heterocycles. The third kappa shape index (κ3) is 2.89. The molecular formula is C15H9ClFNO2S. The van der Waals surface area contributed by atoms with E-state index in [0.29, 0.717) is 17.0 Å². The van der Waals surface area contributed by atoms with Crippen LogP contribution in [0.4, 0.5) is 4.39 Å². The number of carboxylic acids is 1. The maximum atomic E-state index is 12.9. The summed E-state index contributed by atoms with van der Waals surface area (Å²) in [4.78, 5) is 15.4. The summed E-state index contributed by atoms with van der Waals surface area (Å²) in [6.07, 6.45) is 0.554. The van der Waals surface area contributed by atoms with Crippen LogP contribution in [0.3, 0.4) is 0 Å². The van der Waals surface area contributed by atoms with E-state index >= 15 is 0 Å². The molecule has 2 aromatic carbocycles. The van der Waals surface area contributed by atoms with E-state index in [2.05, 4.69) is 4.98 Å². The zero-order valence-electron chi connectivity index (χ0n) is 10.6. The minimum absolute atomic E-state index is 0.143. The molecule has 0 spiro atoms. The van der Waals surface area contributed by atoms with Crippen LogP contribution in [-0.4, -0.2) is 16.1 Å². The number of hydrogen-bond acceptors (Lipinski definition) is 3. The van der Waals surface area contributed by atoms with E-state index in [1.807, 2.05) is 0 Å². The van der Waals surface area contributed by atoms with Crippen molar-refractivity contribution in [3.05, 3.63) is 63.4 Å². The highest BCUT2D eigenvalue weighted by molar-refractivity contribution is 7.18. The fourth-order valence-corrected chi connectivity index (χ4v) is 3.40. The van der Waals surface area contributed by atoms with Crippen molar-refractivity contribution in [1.82, 2.24) is 4.98 Å². The Kier molecular flexibility index (Phi) is 3.61. The highest BCUT2D eigenvalue weighted by Crippen LogP contribution is 2.30. The first-order chi connectivity index (χ1) is 10.0. The van der Waals surface area contributed by atoms with E-state index in [1.165, 1.54) is 29.5 Å². The maximum Gasteiger partial charge on any atom is 0.335 e. The lowest BCUT2D eigenvalue weighted by Crippen LogP contribution is -1.95. The van der Waals surface area contributed by atoms with Crippen molar-refractivity contribution in [3.8, 4) is 0 Å². The Balaban J connectivity index is 1.99. The third-order valence-electron chi connectivity index (χ3n) is 3.01. The SMILES string of the molecule is O=C(O)c1cc(Cl)c2nc(Cc3ccc(F)cc3)sc2c1. The molecule has 3 aromatic rings. The largest absolute Gasteiger partial charge is 0.478 e. The smallest absolute Gasteiger partial charge is 0.335 e. The van der Waals surface area contributed by atoms with Crippen LogP contribution in [0.15, 0.2) is 36.4 Å². The van der Waals surface area contributed by atoms with Gasteiger partial charge in [-0.25, -0.2) is 14.2 Å². The van der Waals surface area contributed by atoms with Gasteiger partial charge in [0.1, 0.15) is 11.3 Å². The molecule has 0 atom stereocenters. The van der Waals surface area contributed by atoms with E-state index in [0.717, 1.165) is 15.3 Å². The number of hydrogen-bond donors (Lipinski definition) is 1. The second-order valence-electron chi connectivity index (χ2n) is 4.52. The molecule has 0 amide bonds. The molecule has 0 bridgehead atoms. The molecule has 106 valence electrons. The molecule has 1 N–H and O–H groups in total. The molecular weight excluding hydrogens is 313 g/mol. The molecule has 0 aliphatic rings. The van der Waals surface area contributed by atoms with Gasteiger partial charge in [-0.05, 0) is 29.8 Å². The number of thiazole rings is 1. The van der Waals surface area contributed by atoms with Crippen LogP contribution in [0, 0.1) is 5.82 Å². The molecule has 0 aliphatic heterocycles. The van der Waals surface area contributed by atoms with E-state index < -0.39 is 5.97 Å². The summed E-state index contributed by atoms with van der Waals surface area (Å²) in [5.41, 5.74) is 1.68. The lowest BCUT2D eigenvalue weighted by molar-refractivity contribution is 0.0697. The maximum absolute atomic E-state index is 12.9. The highest BCUT2D eigenvalue weighted by Gasteiger charge is 2.12. The van der Waals surface area contributed by atoms with Crippen molar-refractivity contribution in [3.63, 3.8) is 0 Å². The number of aromatic nitrogens is 1. The van der Waals surface area contributed by atoms with Crippen molar-refractivity contribution in [2.75, 3.05) is 0 Å². The summed E-state index contributed by atoms with van der Waals surface area (Å²) >= 11 is 7.46. The van der Waals surface area contributed by atoms with E-state index in [4.69, 9.17) is 16.7 Å². The Morgan fingerprint density at radius 3 is 2.67 bits per heavy atom. The quantitative estimate of drug-likeness (QED) is 0.779. The molecule has 0 radical (unpaired) electrons. The Bertz CT molecular complexity index is 830. The first-order valence-electron chi connectivity index (χ1n) is 6.09. The number of carbonyl (C=O) groups is 1. The Hall–Kier alpha value is -1.98. The standard InChI is InChI=1S/C15H9ClFNO2S/c16-11-6-9(15(19)20)7-12-14(11)18-13(21-12)5-8-1-3-10(17)4-2-8/h1-4,6-7H,5H2,(H,19,20). The Morgan fingerprint density at radius 2 is 2.00 bits per heavy atom. The topological polar surface area (TPSA) is 50.2 Å². The molecule has 0 aliphatic carbocycles. The minimum atomic E-state index is -1.02. The zero-order valence-corrected chi connectivity index (χ0v) is 12.2. The summed E-state index contributed by atoms with van der Waals surface area (Å²) in [6, 6.07) is 9.16. The van der Waals surface area contributed by atoms with Crippen LogP contribution in [0.25, 0.3) is 10.2 Å². The van der Waals surface area contributed by atoms with Crippen molar-refractivity contribution in [1.29, 1.82) is 0 Å². The van der Waals surface area contributed by atoms with Gasteiger partial charge in [0.25, 0.3) is 0 Å². The molecule has 0 saturated heterocycles. The number of carboxylic acid groups (broad SMARTS) is 1. The van der Waals surface area contributed by atoms with Gasteiger partial charge < -0.3 is 5.11 Å². The van der Waals surface area contributed by atoms with Crippen molar-refractivity contribution in [2.24, 2.45) is 0 Å². The van der Waals surface area contributed by atoms with Crippen molar-refractivity contribution >= 4 is 39.1 Å². The number of rotatable bonds is 3. The first kappa shape index (κ1) is 14.0. The molecule has 6 heteroatoms. The number of benzene rings is 2. The van der Waals surface area contributed by atoms with E-state index in [-0.39, 0.29) is 11.4 Å². The lowest BCUT2D eigenvalue weighted by Gasteiger charge is -1.96. The summed E-state index contributed by atoms with van der Waals surface area (Å²) in [5.74, 6) is -1.30. The average molecular weight is 322 g/mol. The summed E-state index contributed by atoms with van der Waals surface area (Å²) in [7, 11) is 0. The van der Waals surface area contributed by atoms with Gasteiger partial charge in [-0.1, -0.05) is 23.7 Å². The number of aromatic carboxylic acids is 1. The Labute approximate surface area is 128 Å². The summed E-state index contributed by atoms with van der Waals surface area (Å²) < 4.78 is 13.6. The first-order valence-corrected chi connectivity index (χ1v) is 7.29. The predicted molar refractivity (Wildman–Crippen MR) is 80.8 cm³/mol. The molecule has 3 rings (SSSR count). The van der Waals surface area contributed by atoms with Gasteiger partial charge in [0, 0.05) is 6.42 Å². The van der Waals surface area contributed by atoms with Crippen LogP contribution in [0.2, 0.25) is 5.02 Å². The van der Waals surface area contributed by atoms with Crippen LogP contribution in [-0.2, 0) is 6.42 Å². The van der Waals surface area contributed by atoms with Crippen LogP contribution >= 0.6 is 22.9 Å². The normalized spacial score (nSPS) is 11.0.